The summed E-state index contributed by atoms with van der Waals surface area (Å²) in [6, 6.07) is 22.0. The number of hydrogen-bond acceptors (Lipinski definition) is 4. The maximum atomic E-state index is 12.7. The summed E-state index contributed by atoms with van der Waals surface area (Å²) in [7, 11) is -3.62. The van der Waals surface area contributed by atoms with Crippen molar-refractivity contribution in [2.45, 2.75) is 31.2 Å². The molecule has 0 aliphatic heterocycles. The monoisotopic (exact) mass is 424 g/mol. The minimum absolute atomic E-state index is 0.118. The summed E-state index contributed by atoms with van der Waals surface area (Å²) in [5, 5.41) is 2.82. The highest BCUT2D eigenvalue weighted by Gasteiger charge is 2.17. The van der Waals surface area contributed by atoms with Crippen LogP contribution in [0.3, 0.4) is 0 Å². The lowest BCUT2D eigenvalue weighted by Crippen LogP contribution is -2.32. The molecule has 0 aliphatic carbocycles. The molecule has 0 spiro atoms. The standard InChI is InChI=1S/C23H24N2O4S/c1-3-17(2)25-30(27,28)20-15-13-18(14-16-20)23(26)24-21-11-7-8-12-22(21)29-19-9-5-4-6-10-19/h4-17,25H,3H2,1-2H3,(H,24,26). The number of nitrogens with one attached hydrogen (secondary N) is 2. The van der Waals surface area contributed by atoms with Gasteiger partial charge in [-0.2, -0.15) is 0 Å². The highest BCUT2D eigenvalue weighted by atomic mass is 32.2. The van der Waals surface area contributed by atoms with Gasteiger partial charge in [0, 0.05) is 11.6 Å². The summed E-state index contributed by atoms with van der Waals surface area (Å²) < 4.78 is 33.2. The topological polar surface area (TPSA) is 84.5 Å². The third kappa shape index (κ3) is 5.46. The smallest absolute Gasteiger partial charge is 0.255 e. The molecular formula is C23H24N2O4S. The normalized spacial score (nSPS) is 12.2. The number of hydrogen-bond donors (Lipinski definition) is 2. The molecule has 156 valence electrons. The van der Waals surface area contributed by atoms with Crippen LogP contribution in [0.4, 0.5) is 5.69 Å². The molecule has 6 nitrogen and oxygen atoms in total. The molecule has 3 rings (SSSR count). The van der Waals surface area contributed by atoms with Crippen molar-refractivity contribution in [3.63, 3.8) is 0 Å². The highest BCUT2D eigenvalue weighted by Crippen LogP contribution is 2.29. The van der Waals surface area contributed by atoms with Crippen molar-refractivity contribution in [2.75, 3.05) is 5.32 Å². The zero-order valence-electron chi connectivity index (χ0n) is 16.8. The number of amides is 1. The van der Waals surface area contributed by atoms with Gasteiger partial charge in [0.05, 0.1) is 10.6 Å². The maximum absolute atomic E-state index is 12.7. The molecule has 1 atom stereocenters. The zero-order chi connectivity index (χ0) is 21.6. The predicted octanol–water partition coefficient (Wildman–Crippen LogP) is 4.81. The van der Waals surface area contributed by atoms with Gasteiger partial charge in [-0.1, -0.05) is 37.3 Å². The summed E-state index contributed by atoms with van der Waals surface area (Å²) in [6.45, 7) is 3.70. The largest absolute Gasteiger partial charge is 0.455 e. The van der Waals surface area contributed by atoms with Gasteiger partial charge in [0.1, 0.15) is 5.75 Å². The fraction of sp³-hybridized carbons (Fsp3) is 0.174. The van der Waals surface area contributed by atoms with Crippen molar-refractivity contribution >= 4 is 21.6 Å². The average molecular weight is 425 g/mol. The van der Waals surface area contributed by atoms with E-state index in [9.17, 15) is 13.2 Å². The molecule has 3 aromatic rings. The summed E-state index contributed by atoms with van der Waals surface area (Å²) in [4.78, 5) is 12.8. The van der Waals surface area contributed by atoms with E-state index >= 15 is 0 Å². The van der Waals surface area contributed by atoms with E-state index in [-0.39, 0.29) is 16.8 Å². The second-order valence-electron chi connectivity index (χ2n) is 6.82. The molecular weight excluding hydrogens is 400 g/mol. The first-order chi connectivity index (χ1) is 14.4. The second kappa shape index (κ2) is 9.56. The van der Waals surface area contributed by atoms with Gasteiger partial charge < -0.3 is 10.1 Å². The van der Waals surface area contributed by atoms with E-state index in [0.29, 0.717) is 29.2 Å². The first-order valence-electron chi connectivity index (χ1n) is 9.64. The lowest BCUT2D eigenvalue weighted by Gasteiger charge is -2.13. The number of para-hydroxylation sites is 3. The average Bonchev–Trinajstić information content (AvgIpc) is 2.75. The van der Waals surface area contributed by atoms with E-state index in [1.807, 2.05) is 43.3 Å². The van der Waals surface area contributed by atoms with Gasteiger partial charge in [-0.25, -0.2) is 13.1 Å². The van der Waals surface area contributed by atoms with Crippen LogP contribution in [-0.2, 0) is 10.0 Å². The Morgan fingerprint density at radius 2 is 1.57 bits per heavy atom. The molecule has 0 aliphatic rings. The van der Waals surface area contributed by atoms with Crippen molar-refractivity contribution in [1.82, 2.24) is 4.72 Å². The van der Waals surface area contributed by atoms with Crippen LogP contribution in [0.25, 0.3) is 0 Å². The molecule has 1 unspecified atom stereocenters. The van der Waals surface area contributed by atoms with Gasteiger partial charge in [0.15, 0.2) is 5.75 Å². The number of ether oxygens (including phenoxy) is 1. The predicted molar refractivity (Wildman–Crippen MR) is 117 cm³/mol. The van der Waals surface area contributed by atoms with Crippen LogP contribution >= 0.6 is 0 Å². The van der Waals surface area contributed by atoms with Gasteiger partial charge in [-0.3, -0.25) is 4.79 Å². The third-order valence-corrected chi connectivity index (χ3v) is 6.11. The summed E-state index contributed by atoms with van der Waals surface area (Å²) in [6.07, 6.45) is 0.685. The zero-order valence-corrected chi connectivity index (χ0v) is 17.6. The molecule has 0 fully saturated rings. The van der Waals surface area contributed by atoms with E-state index in [2.05, 4.69) is 10.0 Å². The quantitative estimate of drug-likeness (QED) is 0.544. The number of benzene rings is 3. The van der Waals surface area contributed by atoms with Gasteiger partial charge in [0.25, 0.3) is 5.91 Å². The highest BCUT2D eigenvalue weighted by molar-refractivity contribution is 7.89. The number of rotatable bonds is 8. The Hall–Kier alpha value is -3.16. The number of anilines is 1. The maximum Gasteiger partial charge on any atom is 0.255 e. The number of carbonyl (C=O) groups is 1. The Kier molecular flexibility index (Phi) is 6.87. The van der Waals surface area contributed by atoms with Gasteiger partial charge in [-0.15, -0.1) is 0 Å². The van der Waals surface area contributed by atoms with E-state index in [1.54, 1.807) is 25.1 Å². The van der Waals surface area contributed by atoms with Crippen molar-refractivity contribution in [3.8, 4) is 11.5 Å². The second-order valence-corrected chi connectivity index (χ2v) is 8.53. The molecule has 3 aromatic carbocycles. The first-order valence-corrected chi connectivity index (χ1v) is 11.1. The Bertz CT molecular complexity index is 1100. The minimum atomic E-state index is -3.62. The Morgan fingerprint density at radius 3 is 2.23 bits per heavy atom. The van der Waals surface area contributed by atoms with Crippen LogP contribution < -0.4 is 14.8 Å². The molecule has 0 radical (unpaired) electrons. The van der Waals surface area contributed by atoms with E-state index in [4.69, 9.17) is 4.74 Å². The molecule has 0 bridgehead atoms. The molecule has 0 saturated heterocycles. The first kappa shape index (κ1) is 21.5. The fourth-order valence-electron chi connectivity index (χ4n) is 2.67. The van der Waals surface area contributed by atoms with Crippen molar-refractivity contribution in [1.29, 1.82) is 0 Å². The molecule has 1 amide bonds. The molecule has 2 N–H and O–H groups in total. The van der Waals surface area contributed by atoms with Gasteiger partial charge in [0.2, 0.25) is 10.0 Å². The third-order valence-electron chi connectivity index (χ3n) is 4.50. The van der Waals surface area contributed by atoms with Gasteiger partial charge >= 0.3 is 0 Å². The number of sulfonamides is 1. The Morgan fingerprint density at radius 1 is 0.933 bits per heavy atom. The van der Waals surface area contributed by atoms with Crippen molar-refractivity contribution in [2.24, 2.45) is 0 Å². The molecule has 0 heterocycles. The Balaban J connectivity index is 1.74. The van der Waals surface area contributed by atoms with Crippen LogP contribution in [0.15, 0.2) is 83.8 Å². The van der Waals surface area contributed by atoms with Crippen molar-refractivity contribution < 1.29 is 17.9 Å². The number of carbonyl (C=O) groups excluding carboxylic acids is 1. The van der Waals surface area contributed by atoms with Crippen LogP contribution in [0, 0.1) is 0 Å². The van der Waals surface area contributed by atoms with Gasteiger partial charge in [-0.05, 0) is 61.9 Å². The summed E-state index contributed by atoms with van der Waals surface area (Å²) in [5.41, 5.74) is 0.855. The van der Waals surface area contributed by atoms with Crippen molar-refractivity contribution in [3.05, 3.63) is 84.4 Å². The Labute approximate surface area is 177 Å². The van der Waals surface area contributed by atoms with E-state index < -0.39 is 10.0 Å². The summed E-state index contributed by atoms with van der Waals surface area (Å²) >= 11 is 0. The fourth-order valence-corrected chi connectivity index (χ4v) is 4.00. The molecule has 7 heteroatoms. The van der Waals surface area contributed by atoms with Crippen LogP contribution in [0.1, 0.15) is 30.6 Å². The minimum Gasteiger partial charge on any atom is -0.455 e. The van der Waals surface area contributed by atoms with E-state index in [1.165, 1.54) is 24.3 Å². The molecule has 30 heavy (non-hydrogen) atoms. The molecule has 0 saturated carbocycles. The van der Waals surface area contributed by atoms with E-state index in [0.717, 1.165) is 0 Å². The van der Waals surface area contributed by atoms with Crippen LogP contribution in [-0.4, -0.2) is 20.4 Å². The lowest BCUT2D eigenvalue weighted by atomic mass is 10.2. The van der Waals surface area contributed by atoms with Crippen LogP contribution in [0.2, 0.25) is 0 Å². The summed E-state index contributed by atoms with van der Waals surface area (Å²) in [5.74, 6) is 0.800. The SMILES string of the molecule is CCC(C)NS(=O)(=O)c1ccc(C(=O)Nc2ccccc2Oc2ccccc2)cc1. The molecule has 0 aromatic heterocycles. The van der Waals surface area contributed by atoms with Crippen LogP contribution in [0.5, 0.6) is 11.5 Å². The lowest BCUT2D eigenvalue weighted by molar-refractivity contribution is 0.102.